The van der Waals surface area contributed by atoms with Crippen molar-refractivity contribution in [1.29, 1.82) is 0 Å². The van der Waals surface area contributed by atoms with E-state index in [1.54, 1.807) is 17.3 Å². The van der Waals surface area contributed by atoms with E-state index in [1.165, 1.54) is 19.3 Å². The van der Waals surface area contributed by atoms with Crippen LogP contribution in [0.25, 0.3) is 0 Å². The molecule has 1 saturated heterocycles. The average Bonchev–Trinajstić information content (AvgIpc) is 2.88. The molecule has 0 radical (unpaired) electrons. The van der Waals surface area contributed by atoms with Crippen LogP contribution in [0.3, 0.4) is 0 Å². The number of hydrogen-bond acceptors (Lipinski definition) is 4. The molecule has 0 spiro atoms. The predicted octanol–water partition coefficient (Wildman–Crippen LogP) is 3.63. The minimum atomic E-state index is -0.0200. The minimum Gasteiger partial charge on any atom is -0.462 e. The van der Waals surface area contributed by atoms with Crippen LogP contribution in [0.1, 0.15) is 51.5 Å². The summed E-state index contributed by atoms with van der Waals surface area (Å²) in [5, 5.41) is 3.44. The summed E-state index contributed by atoms with van der Waals surface area (Å²) < 4.78 is 5.82. The van der Waals surface area contributed by atoms with Gasteiger partial charge in [-0.15, -0.1) is 0 Å². The zero-order valence-corrected chi connectivity index (χ0v) is 15.3. The zero-order chi connectivity index (χ0) is 17.4. The Labute approximate surface area is 150 Å². The number of ether oxygens (including phenoxy) is 1. The normalized spacial score (nSPS) is 34.5. The molecule has 2 aliphatic carbocycles. The smallest absolute Gasteiger partial charge is 0.310 e. The highest BCUT2D eigenvalue weighted by molar-refractivity contribution is 5.76. The topological polar surface area (TPSA) is 51.2 Å². The SMILES string of the molecule is CC1=C2CC3C(CC2(C)CCC1)OC(=O)C3CNCc1cccnc1. The van der Waals surface area contributed by atoms with Gasteiger partial charge in [0.15, 0.2) is 0 Å². The first-order valence-electron chi connectivity index (χ1n) is 9.56. The van der Waals surface area contributed by atoms with Gasteiger partial charge in [-0.05, 0) is 56.1 Å². The number of allylic oxidation sites excluding steroid dienone is 2. The standard InChI is InChI=1S/C21H28N2O2/c1-14-5-3-7-21(2)10-19-16(9-18(14)21)17(20(24)25-19)13-23-12-15-6-4-8-22-11-15/h4,6,8,11,16-17,19,23H,3,5,7,9-10,12-13H2,1-2H3. The van der Waals surface area contributed by atoms with Crippen LogP contribution in [0.4, 0.5) is 0 Å². The van der Waals surface area contributed by atoms with E-state index in [1.807, 2.05) is 12.3 Å². The van der Waals surface area contributed by atoms with Crippen molar-refractivity contribution < 1.29 is 9.53 Å². The fraction of sp³-hybridized carbons (Fsp3) is 0.619. The van der Waals surface area contributed by atoms with Crippen molar-refractivity contribution in [3.63, 3.8) is 0 Å². The van der Waals surface area contributed by atoms with Crippen molar-refractivity contribution in [2.24, 2.45) is 17.3 Å². The Kier molecular flexibility index (Phi) is 4.40. The number of hydrogen-bond donors (Lipinski definition) is 1. The summed E-state index contributed by atoms with van der Waals surface area (Å²) in [5.41, 5.74) is 4.58. The number of carbonyl (C=O) groups excluding carboxylic acids is 1. The lowest BCUT2D eigenvalue weighted by Crippen LogP contribution is -2.40. The van der Waals surface area contributed by atoms with Crippen LogP contribution >= 0.6 is 0 Å². The summed E-state index contributed by atoms with van der Waals surface area (Å²) in [6.45, 7) is 6.11. The molecule has 0 aromatic carbocycles. The number of aromatic nitrogens is 1. The van der Waals surface area contributed by atoms with E-state index < -0.39 is 0 Å². The number of nitrogens with zero attached hydrogens (tertiary/aromatic N) is 1. The Morgan fingerprint density at radius 1 is 1.44 bits per heavy atom. The Bertz CT molecular complexity index is 684. The van der Waals surface area contributed by atoms with E-state index in [2.05, 4.69) is 30.2 Å². The summed E-state index contributed by atoms with van der Waals surface area (Å²) in [7, 11) is 0. The van der Waals surface area contributed by atoms with Gasteiger partial charge < -0.3 is 10.1 Å². The van der Waals surface area contributed by atoms with E-state index in [0.29, 0.717) is 12.5 Å². The molecule has 134 valence electrons. The monoisotopic (exact) mass is 340 g/mol. The summed E-state index contributed by atoms with van der Waals surface area (Å²) in [5.74, 6) is 0.313. The summed E-state index contributed by atoms with van der Waals surface area (Å²) in [6.07, 6.45) is 9.54. The van der Waals surface area contributed by atoms with Gasteiger partial charge in [0.05, 0.1) is 5.92 Å². The fourth-order valence-electron chi connectivity index (χ4n) is 5.22. The molecule has 1 N–H and O–H groups in total. The lowest BCUT2D eigenvalue weighted by molar-refractivity contribution is -0.145. The van der Waals surface area contributed by atoms with Crippen LogP contribution in [0.2, 0.25) is 0 Å². The molecular formula is C21H28N2O2. The van der Waals surface area contributed by atoms with Gasteiger partial charge in [-0.3, -0.25) is 9.78 Å². The van der Waals surface area contributed by atoms with Gasteiger partial charge in [-0.1, -0.05) is 24.1 Å². The molecule has 1 aliphatic heterocycles. The number of pyridine rings is 1. The second kappa shape index (κ2) is 6.56. The van der Waals surface area contributed by atoms with Gasteiger partial charge in [-0.25, -0.2) is 0 Å². The molecule has 3 aliphatic rings. The number of esters is 1. The molecule has 4 heteroatoms. The third-order valence-corrected chi connectivity index (χ3v) is 6.60. The highest BCUT2D eigenvalue weighted by Gasteiger charge is 2.52. The van der Waals surface area contributed by atoms with Crippen LogP contribution in [-0.4, -0.2) is 23.6 Å². The van der Waals surface area contributed by atoms with Crippen LogP contribution in [0.5, 0.6) is 0 Å². The summed E-state index contributed by atoms with van der Waals surface area (Å²) in [6, 6.07) is 4.00. The Morgan fingerprint density at radius 3 is 3.12 bits per heavy atom. The van der Waals surface area contributed by atoms with Crippen molar-refractivity contribution >= 4 is 5.97 Å². The van der Waals surface area contributed by atoms with Crippen molar-refractivity contribution in [3.8, 4) is 0 Å². The van der Waals surface area contributed by atoms with Gasteiger partial charge >= 0.3 is 5.97 Å². The Hall–Kier alpha value is -1.68. The molecule has 0 bridgehead atoms. The molecule has 0 amide bonds. The van der Waals surface area contributed by atoms with Gasteiger partial charge in [0.2, 0.25) is 0 Å². The largest absolute Gasteiger partial charge is 0.462 e. The van der Waals surface area contributed by atoms with Crippen molar-refractivity contribution in [1.82, 2.24) is 10.3 Å². The molecule has 4 rings (SSSR count). The molecule has 2 fully saturated rings. The highest BCUT2D eigenvalue weighted by Crippen LogP contribution is 2.54. The first kappa shape index (κ1) is 16.8. The first-order valence-corrected chi connectivity index (χ1v) is 9.56. The van der Waals surface area contributed by atoms with Crippen molar-refractivity contribution in [2.75, 3.05) is 6.54 Å². The molecule has 2 heterocycles. The number of fused-ring (bicyclic) bond motifs is 2. The molecule has 1 aromatic heterocycles. The van der Waals surface area contributed by atoms with Crippen LogP contribution in [0, 0.1) is 17.3 Å². The van der Waals surface area contributed by atoms with E-state index in [-0.39, 0.29) is 23.4 Å². The number of carbonyl (C=O) groups is 1. The molecule has 25 heavy (non-hydrogen) atoms. The van der Waals surface area contributed by atoms with Gasteiger partial charge in [0, 0.05) is 31.4 Å². The molecular weight excluding hydrogens is 312 g/mol. The highest BCUT2D eigenvalue weighted by atomic mass is 16.6. The summed E-state index contributed by atoms with van der Waals surface area (Å²) >= 11 is 0. The lowest BCUT2D eigenvalue weighted by Gasteiger charge is -2.45. The summed E-state index contributed by atoms with van der Waals surface area (Å²) in [4.78, 5) is 16.6. The molecule has 4 nitrogen and oxygen atoms in total. The Morgan fingerprint density at radius 2 is 2.32 bits per heavy atom. The fourth-order valence-corrected chi connectivity index (χ4v) is 5.22. The van der Waals surface area contributed by atoms with E-state index in [4.69, 9.17) is 4.74 Å². The molecule has 4 unspecified atom stereocenters. The van der Waals surface area contributed by atoms with Crippen molar-refractivity contribution in [2.45, 2.75) is 58.6 Å². The maximum Gasteiger partial charge on any atom is 0.310 e. The third-order valence-electron chi connectivity index (χ3n) is 6.60. The molecule has 1 aromatic rings. The maximum absolute atomic E-state index is 12.5. The van der Waals surface area contributed by atoms with Gasteiger partial charge in [0.25, 0.3) is 0 Å². The quantitative estimate of drug-likeness (QED) is 0.672. The second-order valence-corrected chi connectivity index (χ2v) is 8.32. The van der Waals surface area contributed by atoms with E-state index >= 15 is 0 Å². The molecule has 4 atom stereocenters. The van der Waals surface area contributed by atoms with Crippen LogP contribution in [0.15, 0.2) is 35.7 Å². The number of rotatable bonds is 4. The Balaban J connectivity index is 1.45. The average molecular weight is 340 g/mol. The predicted molar refractivity (Wildman–Crippen MR) is 96.7 cm³/mol. The maximum atomic E-state index is 12.5. The van der Waals surface area contributed by atoms with E-state index in [9.17, 15) is 4.79 Å². The van der Waals surface area contributed by atoms with Crippen LogP contribution in [-0.2, 0) is 16.1 Å². The zero-order valence-electron chi connectivity index (χ0n) is 15.3. The number of nitrogens with one attached hydrogen (secondary N) is 1. The van der Waals surface area contributed by atoms with Crippen molar-refractivity contribution in [3.05, 3.63) is 41.2 Å². The van der Waals surface area contributed by atoms with Gasteiger partial charge in [0.1, 0.15) is 6.10 Å². The lowest BCUT2D eigenvalue weighted by atomic mass is 9.59. The first-order chi connectivity index (χ1) is 12.1. The van der Waals surface area contributed by atoms with E-state index in [0.717, 1.165) is 24.9 Å². The van der Waals surface area contributed by atoms with Crippen LogP contribution < -0.4 is 5.32 Å². The third kappa shape index (κ3) is 3.12. The molecule has 1 saturated carbocycles. The minimum absolute atomic E-state index is 0.00538. The van der Waals surface area contributed by atoms with Gasteiger partial charge in [-0.2, -0.15) is 0 Å². The second-order valence-electron chi connectivity index (χ2n) is 8.32.